The molecule has 0 spiro atoms. The lowest BCUT2D eigenvalue weighted by Crippen LogP contribution is -2.27. The first-order valence-electron chi connectivity index (χ1n) is 7.11. The minimum Gasteiger partial charge on any atom is -0.268 e. The summed E-state index contributed by atoms with van der Waals surface area (Å²) in [6.07, 6.45) is 3.12. The molecule has 1 fully saturated rings. The molecule has 0 bridgehead atoms. The van der Waals surface area contributed by atoms with Crippen molar-refractivity contribution in [3.63, 3.8) is 0 Å². The smallest absolute Gasteiger partial charge is 0.268 e. The van der Waals surface area contributed by atoms with Crippen molar-refractivity contribution >= 4 is 57.9 Å². The Kier molecular flexibility index (Phi) is 5.27. The van der Waals surface area contributed by atoms with Gasteiger partial charge in [-0.3, -0.25) is 9.59 Å². The molecule has 3 nitrogen and oxygen atoms in total. The molecule has 1 saturated heterocycles. The molecule has 1 aliphatic rings. The molecular formula is C18H10Cl2FNO2S. The van der Waals surface area contributed by atoms with Gasteiger partial charge in [-0.2, -0.15) is 0 Å². The molecule has 7 heteroatoms. The van der Waals surface area contributed by atoms with Crippen LogP contribution in [0.3, 0.4) is 0 Å². The number of nitrogens with zero attached hydrogens (tertiary/aromatic N) is 1. The molecule has 0 atom stereocenters. The third kappa shape index (κ3) is 3.95. The molecular weight excluding hydrogens is 384 g/mol. The molecule has 1 aliphatic heterocycles. The van der Waals surface area contributed by atoms with E-state index in [1.807, 2.05) is 30.3 Å². The van der Waals surface area contributed by atoms with Crippen molar-refractivity contribution in [3.8, 4) is 0 Å². The molecule has 2 aromatic rings. The molecule has 0 saturated carbocycles. The summed E-state index contributed by atoms with van der Waals surface area (Å²) < 4.78 is 13.3. The highest BCUT2D eigenvalue weighted by atomic mass is 35.5. The lowest BCUT2D eigenvalue weighted by molar-refractivity contribution is -0.113. The summed E-state index contributed by atoms with van der Waals surface area (Å²) >= 11 is 12.7. The van der Waals surface area contributed by atoms with Crippen molar-refractivity contribution in [2.45, 2.75) is 0 Å². The van der Waals surface area contributed by atoms with E-state index in [4.69, 9.17) is 23.2 Å². The normalized spacial score (nSPS) is 16.8. The highest BCUT2D eigenvalue weighted by Crippen LogP contribution is 2.36. The van der Waals surface area contributed by atoms with Crippen LogP contribution in [-0.2, 0) is 4.79 Å². The van der Waals surface area contributed by atoms with Crippen molar-refractivity contribution in [3.05, 3.63) is 80.9 Å². The molecule has 0 unspecified atom stereocenters. The van der Waals surface area contributed by atoms with Gasteiger partial charge in [0.1, 0.15) is 5.82 Å². The number of carbonyl (C=O) groups is 2. The number of benzene rings is 2. The van der Waals surface area contributed by atoms with Gasteiger partial charge in [-0.25, -0.2) is 9.29 Å². The molecule has 3 rings (SSSR count). The average molecular weight is 394 g/mol. The second kappa shape index (κ2) is 7.44. The fourth-order valence-electron chi connectivity index (χ4n) is 2.19. The number of hydrogen-bond donors (Lipinski definition) is 0. The van der Waals surface area contributed by atoms with Crippen molar-refractivity contribution < 1.29 is 14.0 Å². The van der Waals surface area contributed by atoms with Crippen molar-refractivity contribution in [2.75, 3.05) is 4.90 Å². The molecule has 25 heavy (non-hydrogen) atoms. The SMILES string of the molecule is O=C1S/C(=C\C(Cl)=C\c2ccccc2)C(=O)N1c1ccc(F)c(Cl)c1. The maximum atomic E-state index is 13.3. The zero-order valence-corrected chi connectivity index (χ0v) is 14.9. The second-order valence-corrected chi connectivity index (χ2v) is 6.89. The molecule has 0 N–H and O–H groups in total. The Bertz CT molecular complexity index is 913. The van der Waals surface area contributed by atoms with Crippen LogP contribution < -0.4 is 4.90 Å². The number of imide groups is 1. The maximum absolute atomic E-state index is 13.3. The second-order valence-electron chi connectivity index (χ2n) is 5.06. The summed E-state index contributed by atoms with van der Waals surface area (Å²) in [4.78, 5) is 25.8. The number of hydrogen-bond acceptors (Lipinski definition) is 3. The largest absolute Gasteiger partial charge is 0.298 e. The van der Waals surface area contributed by atoms with Gasteiger partial charge in [0.05, 0.1) is 15.6 Å². The monoisotopic (exact) mass is 393 g/mol. The van der Waals surface area contributed by atoms with E-state index in [9.17, 15) is 14.0 Å². The highest BCUT2D eigenvalue weighted by Gasteiger charge is 2.36. The van der Waals surface area contributed by atoms with Crippen LogP contribution in [-0.4, -0.2) is 11.1 Å². The van der Waals surface area contributed by atoms with E-state index >= 15 is 0 Å². The minimum absolute atomic E-state index is 0.164. The fraction of sp³-hybridized carbons (Fsp3) is 0. The van der Waals surface area contributed by atoms with Gasteiger partial charge >= 0.3 is 0 Å². The number of rotatable bonds is 3. The minimum atomic E-state index is -0.623. The van der Waals surface area contributed by atoms with Gasteiger partial charge < -0.3 is 0 Å². The lowest BCUT2D eigenvalue weighted by atomic mass is 10.2. The van der Waals surface area contributed by atoms with Gasteiger partial charge in [0.15, 0.2) is 0 Å². The molecule has 1 heterocycles. The van der Waals surface area contributed by atoms with E-state index < -0.39 is 17.0 Å². The third-order valence-electron chi connectivity index (χ3n) is 3.33. The van der Waals surface area contributed by atoms with Gasteiger partial charge in [0, 0.05) is 5.03 Å². The summed E-state index contributed by atoms with van der Waals surface area (Å²) in [7, 11) is 0. The van der Waals surface area contributed by atoms with Crippen LogP contribution in [0.15, 0.2) is 64.5 Å². The van der Waals surface area contributed by atoms with Gasteiger partial charge in [-0.15, -0.1) is 0 Å². The van der Waals surface area contributed by atoms with E-state index in [0.29, 0.717) is 5.03 Å². The van der Waals surface area contributed by atoms with Crippen LogP contribution in [0.4, 0.5) is 14.9 Å². The summed E-state index contributed by atoms with van der Waals surface area (Å²) in [6, 6.07) is 13.0. The third-order valence-corrected chi connectivity index (χ3v) is 4.71. The highest BCUT2D eigenvalue weighted by molar-refractivity contribution is 8.18. The number of carbonyl (C=O) groups excluding carboxylic acids is 2. The Hall–Kier alpha value is -2.08. The van der Waals surface area contributed by atoms with Crippen molar-refractivity contribution in [2.24, 2.45) is 0 Å². The van der Waals surface area contributed by atoms with E-state index in [1.54, 1.807) is 6.08 Å². The van der Waals surface area contributed by atoms with Crippen molar-refractivity contribution in [1.29, 1.82) is 0 Å². The van der Waals surface area contributed by atoms with Crippen LogP contribution in [0, 0.1) is 5.82 Å². The Labute approximate surface area is 157 Å². The Morgan fingerprint density at radius 2 is 1.84 bits per heavy atom. The first-order chi connectivity index (χ1) is 12.0. The van der Waals surface area contributed by atoms with Crippen LogP contribution in [0.25, 0.3) is 6.08 Å². The number of amides is 2. The molecule has 126 valence electrons. The quantitative estimate of drug-likeness (QED) is 0.614. The van der Waals surface area contributed by atoms with Crippen LogP contribution in [0.2, 0.25) is 5.02 Å². The van der Waals surface area contributed by atoms with Gasteiger partial charge in [0.25, 0.3) is 11.1 Å². The zero-order chi connectivity index (χ0) is 18.0. The van der Waals surface area contributed by atoms with E-state index in [-0.39, 0.29) is 15.6 Å². The molecule has 0 aromatic heterocycles. The molecule has 0 radical (unpaired) electrons. The van der Waals surface area contributed by atoms with E-state index in [2.05, 4.69) is 0 Å². The maximum Gasteiger partial charge on any atom is 0.298 e. The van der Waals surface area contributed by atoms with Crippen LogP contribution >= 0.6 is 35.0 Å². The van der Waals surface area contributed by atoms with Crippen molar-refractivity contribution in [1.82, 2.24) is 0 Å². The fourth-order valence-corrected chi connectivity index (χ4v) is 3.50. The average Bonchev–Trinajstić information content (AvgIpc) is 2.85. The first-order valence-corrected chi connectivity index (χ1v) is 8.68. The summed E-state index contributed by atoms with van der Waals surface area (Å²) in [6.45, 7) is 0. The molecule has 0 aliphatic carbocycles. The summed E-state index contributed by atoms with van der Waals surface area (Å²) in [5.74, 6) is -1.15. The lowest BCUT2D eigenvalue weighted by Gasteiger charge is -2.12. The predicted octanol–water partition coefficient (Wildman–Crippen LogP) is 5.84. The standard InChI is InChI=1S/C18H10Cl2FNO2S/c19-12(8-11-4-2-1-3-5-11)9-16-17(23)22(18(24)25-16)13-6-7-15(21)14(20)10-13/h1-10H/b12-8-,16-9-. The Balaban J connectivity index is 1.88. The zero-order valence-electron chi connectivity index (χ0n) is 12.6. The predicted molar refractivity (Wildman–Crippen MR) is 100 cm³/mol. The summed E-state index contributed by atoms with van der Waals surface area (Å²) in [5, 5.41) is -0.348. The number of allylic oxidation sites excluding steroid dienone is 2. The first kappa shape index (κ1) is 17.7. The molecule has 2 aromatic carbocycles. The van der Waals surface area contributed by atoms with E-state index in [0.717, 1.165) is 28.3 Å². The Morgan fingerprint density at radius 1 is 1.12 bits per heavy atom. The Morgan fingerprint density at radius 3 is 2.52 bits per heavy atom. The van der Waals surface area contributed by atoms with Gasteiger partial charge in [0.2, 0.25) is 0 Å². The number of thioether (sulfide) groups is 1. The van der Waals surface area contributed by atoms with E-state index in [1.165, 1.54) is 18.2 Å². The summed E-state index contributed by atoms with van der Waals surface area (Å²) in [5.41, 5.74) is 1.08. The van der Waals surface area contributed by atoms with Crippen LogP contribution in [0.5, 0.6) is 0 Å². The topological polar surface area (TPSA) is 37.4 Å². The van der Waals surface area contributed by atoms with Crippen LogP contribution in [0.1, 0.15) is 5.56 Å². The molecule has 2 amide bonds. The van der Waals surface area contributed by atoms with Gasteiger partial charge in [-0.05, 0) is 47.7 Å². The van der Waals surface area contributed by atoms with Gasteiger partial charge in [-0.1, -0.05) is 53.5 Å². The number of halogens is 3. The number of anilines is 1.